The van der Waals surface area contributed by atoms with Crippen LogP contribution in [0, 0.1) is 5.92 Å². The van der Waals surface area contributed by atoms with Gasteiger partial charge in [0, 0.05) is 22.5 Å². The third-order valence-corrected chi connectivity index (χ3v) is 4.78. The SMILES string of the molecule is CCc1ccc2[nH]cc(C3(CC)CC3C)c2c1. The highest BCUT2D eigenvalue weighted by molar-refractivity contribution is 5.85. The van der Waals surface area contributed by atoms with E-state index in [2.05, 4.69) is 50.2 Å². The van der Waals surface area contributed by atoms with Crippen LogP contribution >= 0.6 is 0 Å². The van der Waals surface area contributed by atoms with E-state index in [4.69, 9.17) is 0 Å². The molecule has 1 saturated carbocycles. The Kier molecular flexibility index (Phi) is 2.32. The molecule has 1 nitrogen and oxygen atoms in total. The second-order valence-electron chi connectivity index (χ2n) is 5.55. The summed E-state index contributed by atoms with van der Waals surface area (Å²) in [5.74, 6) is 0.844. The molecule has 3 rings (SSSR count). The zero-order chi connectivity index (χ0) is 12.0. The number of benzene rings is 1. The van der Waals surface area contributed by atoms with Gasteiger partial charge in [0.25, 0.3) is 0 Å². The number of hydrogen-bond donors (Lipinski definition) is 1. The topological polar surface area (TPSA) is 15.8 Å². The lowest BCUT2D eigenvalue weighted by Gasteiger charge is -2.13. The zero-order valence-corrected chi connectivity index (χ0v) is 11.0. The molecule has 0 amide bonds. The van der Waals surface area contributed by atoms with E-state index < -0.39 is 0 Å². The first-order valence-electron chi connectivity index (χ1n) is 6.81. The third-order valence-electron chi connectivity index (χ3n) is 4.78. The first-order chi connectivity index (χ1) is 8.21. The number of aryl methyl sites for hydroxylation is 1. The summed E-state index contributed by atoms with van der Waals surface area (Å²) in [4.78, 5) is 3.44. The Morgan fingerprint density at radius 2 is 2.12 bits per heavy atom. The van der Waals surface area contributed by atoms with Crippen LogP contribution < -0.4 is 0 Å². The Labute approximate surface area is 103 Å². The molecule has 17 heavy (non-hydrogen) atoms. The minimum Gasteiger partial charge on any atom is -0.361 e. The summed E-state index contributed by atoms with van der Waals surface area (Å²) in [6.45, 7) is 6.93. The Bertz CT molecular complexity index is 548. The molecular weight excluding hydrogens is 206 g/mol. The largest absolute Gasteiger partial charge is 0.361 e. The molecule has 90 valence electrons. The maximum absolute atomic E-state index is 3.44. The molecule has 1 heteroatoms. The third kappa shape index (κ3) is 1.45. The van der Waals surface area contributed by atoms with E-state index >= 15 is 0 Å². The molecule has 0 bridgehead atoms. The molecule has 1 aliphatic carbocycles. The van der Waals surface area contributed by atoms with Gasteiger partial charge in [0.05, 0.1) is 0 Å². The van der Waals surface area contributed by atoms with Gasteiger partial charge in [-0.3, -0.25) is 0 Å². The molecule has 2 atom stereocenters. The molecule has 1 aromatic carbocycles. The van der Waals surface area contributed by atoms with Crippen LogP contribution in [0.25, 0.3) is 10.9 Å². The summed E-state index contributed by atoms with van der Waals surface area (Å²) in [6, 6.07) is 6.84. The van der Waals surface area contributed by atoms with Crippen molar-refractivity contribution in [1.29, 1.82) is 0 Å². The number of fused-ring (bicyclic) bond motifs is 1. The van der Waals surface area contributed by atoms with Crippen molar-refractivity contribution in [2.75, 3.05) is 0 Å². The minimum absolute atomic E-state index is 0.463. The van der Waals surface area contributed by atoms with E-state index in [1.807, 2.05) is 0 Å². The molecule has 0 saturated heterocycles. The van der Waals surface area contributed by atoms with E-state index in [9.17, 15) is 0 Å². The summed E-state index contributed by atoms with van der Waals surface area (Å²) >= 11 is 0. The van der Waals surface area contributed by atoms with Gasteiger partial charge in [-0.15, -0.1) is 0 Å². The number of rotatable bonds is 3. The van der Waals surface area contributed by atoms with Crippen LogP contribution in [0.4, 0.5) is 0 Å². The van der Waals surface area contributed by atoms with Crippen molar-refractivity contribution >= 4 is 10.9 Å². The van der Waals surface area contributed by atoms with Crippen molar-refractivity contribution in [3.05, 3.63) is 35.5 Å². The Hall–Kier alpha value is -1.24. The number of aromatic nitrogens is 1. The molecule has 0 spiro atoms. The number of hydrogen-bond acceptors (Lipinski definition) is 0. The molecular formula is C16H21N. The van der Waals surface area contributed by atoms with Gasteiger partial charge in [0.15, 0.2) is 0 Å². The second kappa shape index (κ2) is 3.63. The van der Waals surface area contributed by atoms with Gasteiger partial charge in [-0.25, -0.2) is 0 Å². The molecule has 1 N–H and O–H groups in total. The van der Waals surface area contributed by atoms with Crippen LogP contribution in [0.2, 0.25) is 0 Å². The summed E-state index contributed by atoms with van der Waals surface area (Å²) < 4.78 is 0. The lowest BCUT2D eigenvalue weighted by Crippen LogP contribution is -2.06. The normalized spacial score (nSPS) is 27.6. The molecule has 0 aliphatic heterocycles. The van der Waals surface area contributed by atoms with E-state index in [-0.39, 0.29) is 0 Å². The molecule has 1 heterocycles. The van der Waals surface area contributed by atoms with E-state index in [1.54, 1.807) is 5.56 Å². The first kappa shape index (κ1) is 10.9. The van der Waals surface area contributed by atoms with Gasteiger partial charge < -0.3 is 4.98 Å². The smallest absolute Gasteiger partial charge is 0.0457 e. The van der Waals surface area contributed by atoms with Gasteiger partial charge in [-0.1, -0.05) is 26.8 Å². The average Bonchev–Trinajstić information content (AvgIpc) is 2.85. The van der Waals surface area contributed by atoms with Crippen molar-refractivity contribution in [3.63, 3.8) is 0 Å². The van der Waals surface area contributed by atoms with E-state index in [1.165, 1.54) is 29.3 Å². The van der Waals surface area contributed by atoms with Crippen LogP contribution in [-0.4, -0.2) is 4.98 Å². The fraction of sp³-hybridized carbons (Fsp3) is 0.500. The highest BCUT2D eigenvalue weighted by Crippen LogP contribution is 2.57. The highest BCUT2D eigenvalue weighted by atomic mass is 14.7. The van der Waals surface area contributed by atoms with E-state index in [0.717, 1.165) is 12.3 Å². The first-order valence-corrected chi connectivity index (χ1v) is 6.81. The number of H-pyrrole nitrogens is 1. The molecule has 0 radical (unpaired) electrons. The maximum Gasteiger partial charge on any atom is 0.0457 e. The van der Waals surface area contributed by atoms with Gasteiger partial charge in [0.2, 0.25) is 0 Å². The lowest BCUT2D eigenvalue weighted by molar-refractivity contribution is 0.611. The molecule has 1 fully saturated rings. The van der Waals surface area contributed by atoms with Crippen LogP contribution in [-0.2, 0) is 11.8 Å². The van der Waals surface area contributed by atoms with Gasteiger partial charge in [-0.2, -0.15) is 0 Å². The standard InChI is InChI=1S/C16H21N/c1-4-12-6-7-15-13(8-12)14(10-17-15)16(5-2)9-11(16)3/h6-8,10-11,17H,4-5,9H2,1-3H3. The van der Waals surface area contributed by atoms with Crippen LogP contribution in [0.5, 0.6) is 0 Å². The predicted octanol–water partition coefficient (Wildman–Crippen LogP) is 4.42. The Balaban J connectivity index is 2.17. The Morgan fingerprint density at radius 1 is 1.35 bits per heavy atom. The fourth-order valence-electron chi connectivity index (χ4n) is 3.35. The van der Waals surface area contributed by atoms with Crippen molar-refractivity contribution < 1.29 is 0 Å². The second-order valence-corrected chi connectivity index (χ2v) is 5.55. The van der Waals surface area contributed by atoms with E-state index in [0.29, 0.717) is 5.41 Å². The average molecular weight is 227 g/mol. The van der Waals surface area contributed by atoms with Crippen molar-refractivity contribution in [3.8, 4) is 0 Å². The van der Waals surface area contributed by atoms with Crippen LogP contribution in [0.3, 0.4) is 0 Å². The van der Waals surface area contributed by atoms with Crippen molar-refractivity contribution in [2.45, 2.75) is 45.4 Å². The Morgan fingerprint density at radius 3 is 2.71 bits per heavy atom. The van der Waals surface area contributed by atoms with Gasteiger partial charge >= 0.3 is 0 Å². The molecule has 2 unspecified atom stereocenters. The van der Waals surface area contributed by atoms with Crippen LogP contribution in [0.1, 0.15) is 44.7 Å². The van der Waals surface area contributed by atoms with Crippen molar-refractivity contribution in [1.82, 2.24) is 4.98 Å². The fourth-order valence-corrected chi connectivity index (χ4v) is 3.35. The summed E-state index contributed by atoms with van der Waals surface area (Å²) in [7, 11) is 0. The highest BCUT2D eigenvalue weighted by Gasteiger charge is 2.51. The van der Waals surface area contributed by atoms with Gasteiger partial charge in [-0.05, 0) is 48.4 Å². The zero-order valence-electron chi connectivity index (χ0n) is 11.0. The van der Waals surface area contributed by atoms with Crippen LogP contribution in [0.15, 0.2) is 24.4 Å². The summed E-state index contributed by atoms with van der Waals surface area (Å²) in [5, 5.41) is 1.45. The number of nitrogens with one attached hydrogen (secondary N) is 1. The molecule has 1 aliphatic rings. The molecule has 2 aromatic rings. The summed E-state index contributed by atoms with van der Waals surface area (Å²) in [5.41, 5.74) is 4.75. The predicted molar refractivity (Wildman–Crippen MR) is 73.4 cm³/mol. The lowest BCUT2D eigenvalue weighted by atomic mass is 9.90. The minimum atomic E-state index is 0.463. The monoisotopic (exact) mass is 227 g/mol. The quantitative estimate of drug-likeness (QED) is 0.799. The van der Waals surface area contributed by atoms with Crippen molar-refractivity contribution in [2.24, 2.45) is 5.92 Å². The maximum atomic E-state index is 3.44. The number of aromatic amines is 1. The summed E-state index contributed by atoms with van der Waals surface area (Å²) in [6.07, 6.45) is 5.98. The molecule has 1 aromatic heterocycles. The van der Waals surface area contributed by atoms with Gasteiger partial charge in [0.1, 0.15) is 0 Å².